The highest BCUT2D eigenvalue weighted by molar-refractivity contribution is 6.28. The summed E-state index contributed by atoms with van der Waals surface area (Å²) >= 11 is 5.85. The Morgan fingerprint density at radius 2 is 2.19 bits per heavy atom. The van der Waals surface area contributed by atoms with Crippen LogP contribution in [0.1, 0.15) is 25.3 Å². The Hall–Kier alpha value is -1.24. The largest absolute Gasteiger partial charge is 0.347 e. The van der Waals surface area contributed by atoms with Crippen molar-refractivity contribution in [3.05, 3.63) is 23.7 Å². The van der Waals surface area contributed by atoms with E-state index < -0.39 is 12.0 Å². The van der Waals surface area contributed by atoms with Crippen LogP contribution in [0.4, 0.5) is 4.39 Å². The molecule has 4 rings (SSSR count). The van der Waals surface area contributed by atoms with Gasteiger partial charge in [0.25, 0.3) is 0 Å². The summed E-state index contributed by atoms with van der Waals surface area (Å²) in [5, 5.41) is 1.04. The Morgan fingerprint density at radius 1 is 1.38 bits per heavy atom. The number of alkyl halides is 1. The first kappa shape index (κ1) is 13.4. The minimum absolute atomic E-state index is 0.174. The zero-order valence-electron chi connectivity index (χ0n) is 11.3. The number of aromatic nitrogens is 3. The van der Waals surface area contributed by atoms with Crippen LogP contribution in [-0.2, 0) is 9.47 Å². The van der Waals surface area contributed by atoms with Crippen molar-refractivity contribution < 1.29 is 13.9 Å². The van der Waals surface area contributed by atoms with Crippen LogP contribution in [0.15, 0.2) is 18.5 Å². The van der Waals surface area contributed by atoms with E-state index in [4.69, 9.17) is 21.1 Å². The van der Waals surface area contributed by atoms with Gasteiger partial charge in [-0.3, -0.25) is 0 Å². The fraction of sp³-hybridized carbons (Fsp3) is 0.571. The Morgan fingerprint density at radius 3 is 2.95 bits per heavy atom. The smallest absolute Gasteiger partial charge is 0.224 e. The summed E-state index contributed by atoms with van der Waals surface area (Å²) in [7, 11) is 0. The molecule has 7 heteroatoms. The number of nitrogens with zero attached hydrogens (tertiary/aromatic N) is 3. The van der Waals surface area contributed by atoms with Crippen LogP contribution in [0.2, 0.25) is 5.28 Å². The molecule has 2 fully saturated rings. The third kappa shape index (κ3) is 2.22. The maximum Gasteiger partial charge on any atom is 0.224 e. The summed E-state index contributed by atoms with van der Waals surface area (Å²) in [4.78, 5) is 8.17. The quantitative estimate of drug-likeness (QED) is 0.760. The van der Waals surface area contributed by atoms with Crippen LogP contribution in [0.3, 0.4) is 0 Å². The average Bonchev–Trinajstić information content (AvgIpc) is 3.07. The Bertz CT molecular complexity index is 671. The summed E-state index contributed by atoms with van der Waals surface area (Å²) in [5.74, 6) is -0.717. The van der Waals surface area contributed by atoms with Crippen LogP contribution in [0.25, 0.3) is 11.0 Å². The van der Waals surface area contributed by atoms with Gasteiger partial charge in [-0.05, 0) is 24.1 Å². The number of fused-ring (bicyclic) bond motifs is 1. The maximum atomic E-state index is 14.7. The summed E-state index contributed by atoms with van der Waals surface area (Å²) in [6.07, 6.45) is 4.06. The van der Waals surface area contributed by atoms with Crippen molar-refractivity contribution in [2.75, 3.05) is 13.2 Å². The fourth-order valence-electron chi connectivity index (χ4n) is 3.34. The van der Waals surface area contributed by atoms with E-state index in [-0.39, 0.29) is 17.7 Å². The molecule has 0 amide bonds. The van der Waals surface area contributed by atoms with Crippen molar-refractivity contribution in [1.29, 1.82) is 0 Å². The summed E-state index contributed by atoms with van der Waals surface area (Å²) in [6.45, 7) is 1.10. The molecule has 1 aliphatic heterocycles. The van der Waals surface area contributed by atoms with E-state index in [2.05, 4.69) is 9.97 Å². The first-order chi connectivity index (χ1) is 10.2. The van der Waals surface area contributed by atoms with Gasteiger partial charge in [0.05, 0.1) is 19.3 Å². The zero-order valence-corrected chi connectivity index (χ0v) is 12.1. The lowest BCUT2D eigenvalue weighted by Crippen LogP contribution is -2.42. The lowest BCUT2D eigenvalue weighted by molar-refractivity contribution is -0.194. The van der Waals surface area contributed by atoms with E-state index in [1.807, 2.05) is 16.8 Å². The lowest BCUT2D eigenvalue weighted by Gasteiger charge is -2.38. The average molecular weight is 312 g/mol. The Labute approximate surface area is 126 Å². The molecule has 1 saturated carbocycles. The molecule has 2 aromatic heterocycles. The molecule has 2 aliphatic rings. The van der Waals surface area contributed by atoms with Gasteiger partial charge >= 0.3 is 0 Å². The van der Waals surface area contributed by atoms with Gasteiger partial charge in [-0.25, -0.2) is 9.37 Å². The van der Waals surface area contributed by atoms with Gasteiger partial charge in [-0.1, -0.05) is 0 Å². The lowest BCUT2D eigenvalue weighted by atomic mass is 9.88. The summed E-state index contributed by atoms with van der Waals surface area (Å²) in [6, 6.07) is 1.61. The molecule has 0 bridgehead atoms. The van der Waals surface area contributed by atoms with Crippen molar-refractivity contribution in [3.63, 3.8) is 0 Å². The molecule has 1 saturated heterocycles. The van der Waals surface area contributed by atoms with Gasteiger partial charge in [0.1, 0.15) is 11.8 Å². The van der Waals surface area contributed by atoms with Crippen LogP contribution >= 0.6 is 11.6 Å². The fourth-order valence-corrected chi connectivity index (χ4v) is 3.47. The van der Waals surface area contributed by atoms with Crippen molar-refractivity contribution >= 4 is 22.6 Å². The molecule has 21 heavy (non-hydrogen) atoms. The third-order valence-electron chi connectivity index (χ3n) is 4.34. The number of hydrogen-bond donors (Lipinski definition) is 0. The number of rotatable bonds is 1. The Balaban J connectivity index is 1.65. The normalized spacial score (nSPS) is 28.5. The Kier molecular flexibility index (Phi) is 3.13. The molecule has 0 unspecified atom stereocenters. The molecule has 1 aliphatic carbocycles. The van der Waals surface area contributed by atoms with Crippen molar-refractivity contribution in [3.8, 4) is 0 Å². The van der Waals surface area contributed by atoms with Gasteiger partial charge in [0.15, 0.2) is 5.79 Å². The monoisotopic (exact) mass is 311 g/mol. The van der Waals surface area contributed by atoms with Gasteiger partial charge in [0.2, 0.25) is 5.28 Å². The molecule has 2 atom stereocenters. The first-order valence-electron chi connectivity index (χ1n) is 7.08. The molecule has 0 radical (unpaired) electrons. The molecule has 5 nitrogen and oxygen atoms in total. The molecular weight excluding hydrogens is 297 g/mol. The van der Waals surface area contributed by atoms with E-state index in [1.54, 1.807) is 6.20 Å². The topological polar surface area (TPSA) is 49.2 Å². The second-order valence-corrected chi connectivity index (χ2v) is 5.91. The highest BCUT2D eigenvalue weighted by Gasteiger charge is 2.46. The van der Waals surface area contributed by atoms with E-state index in [1.165, 1.54) is 0 Å². The van der Waals surface area contributed by atoms with Gasteiger partial charge in [0, 0.05) is 30.6 Å². The minimum atomic E-state index is -1.04. The molecule has 0 aromatic carbocycles. The van der Waals surface area contributed by atoms with Gasteiger partial charge < -0.3 is 14.0 Å². The minimum Gasteiger partial charge on any atom is -0.347 e. The predicted octanol–water partition coefficient (Wildman–Crippen LogP) is 2.89. The predicted molar refractivity (Wildman–Crippen MR) is 75.0 cm³/mol. The molecule has 112 valence electrons. The number of halogens is 2. The number of hydrogen-bond acceptors (Lipinski definition) is 4. The van der Waals surface area contributed by atoms with E-state index in [0.717, 1.165) is 5.39 Å². The van der Waals surface area contributed by atoms with E-state index in [0.29, 0.717) is 31.7 Å². The molecule has 0 N–H and O–H groups in total. The zero-order chi connectivity index (χ0) is 14.4. The number of ether oxygens (including phenoxy) is 2. The van der Waals surface area contributed by atoms with Crippen LogP contribution < -0.4 is 0 Å². The summed E-state index contributed by atoms with van der Waals surface area (Å²) in [5.41, 5.74) is 0.673. The van der Waals surface area contributed by atoms with Crippen LogP contribution in [-0.4, -0.2) is 39.7 Å². The molecular formula is C14H15ClFN3O2. The second-order valence-electron chi connectivity index (χ2n) is 5.57. The van der Waals surface area contributed by atoms with Crippen LogP contribution in [0.5, 0.6) is 0 Å². The van der Waals surface area contributed by atoms with Crippen molar-refractivity contribution in [2.45, 2.75) is 37.3 Å². The van der Waals surface area contributed by atoms with Gasteiger partial charge in [-0.15, -0.1) is 0 Å². The standard InChI is InChI=1S/C14H15ClFN3O2/c15-13-17-8-9-2-4-19(12(9)18-13)11-1-3-14(7-10(11)16)20-5-6-21-14/h2,4,8,10-11H,1,3,5-7H2/t10-,11+/m1/s1. The summed E-state index contributed by atoms with van der Waals surface area (Å²) < 4.78 is 27.7. The highest BCUT2D eigenvalue weighted by Crippen LogP contribution is 2.42. The van der Waals surface area contributed by atoms with E-state index >= 15 is 0 Å². The molecule has 3 heterocycles. The van der Waals surface area contributed by atoms with Gasteiger partial charge in [-0.2, -0.15) is 4.98 Å². The SMILES string of the molecule is F[C@@H]1CC2(CC[C@@H]1n1ccc3cnc(Cl)nc31)OCCO2. The maximum absolute atomic E-state index is 14.7. The van der Waals surface area contributed by atoms with Crippen molar-refractivity contribution in [1.82, 2.24) is 14.5 Å². The first-order valence-corrected chi connectivity index (χ1v) is 7.46. The molecule has 2 aromatic rings. The van der Waals surface area contributed by atoms with Crippen molar-refractivity contribution in [2.24, 2.45) is 0 Å². The molecule has 1 spiro atoms. The third-order valence-corrected chi connectivity index (χ3v) is 4.52. The van der Waals surface area contributed by atoms with Crippen LogP contribution in [0, 0.1) is 0 Å². The second kappa shape index (κ2) is 4.90. The van der Waals surface area contributed by atoms with E-state index in [9.17, 15) is 4.39 Å². The highest BCUT2D eigenvalue weighted by atomic mass is 35.5.